The zero-order valence-electron chi connectivity index (χ0n) is 8.81. The van der Waals surface area contributed by atoms with Crippen molar-refractivity contribution in [2.75, 3.05) is 5.32 Å². The highest BCUT2D eigenvalue weighted by atomic mass is 32.1. The van der Waals surface area contributed by atoms with Gasteiger partial charge in [-0.2, -0.15) is 16.4 Å². The van der Waals surface area contributed by atoms with E-state index in [1.54, 1.807) is 6.07 Å². The Labute approximate surface area is 101 Å². The van der Waals surface area contributed by atoms with Gasteiger partial charge in [-0.1, -0.05) is 12.1 Å². The molecule has 0 unspecified atom stereocenters. The summed E-state index contributed by atoms with van der Waals surface area (Å²) in [6.45, 7) is 0. The molecule has 3 aromatic rings. The van der Waals surface area contributed by atoms with E-state index in [1.807, 2.05) is 35.0 Å². The van der Waals surface area contributed by atoms with Crippen LogP contribution in [0.3, 0.4) is 0 Å². The number of thiophene rings is 1. The summed E-state index contributed by atoms with van der Waals surface area (Å²) in [6, 6.07) is 9.46. The third-order valence-corrected chi connectivity index (χ3v) is 3.17. The lowest BCUT2D eigenvalue weighted by Gasteiger charge is -1.99. The standard InChI is InChI=1S/C12H9N3OS/c16-12(8-5-6-17-7-8)13-11-9-3-1-2-4-10(9)14-15-11/h1-7H,(H2,13,14,15,16). The highest BCUT2D eigenvalue weighted by Crippen LogP contribution is 2.20. The summed E-state index contributed by atoms with van der Waals surface area (Å²) in [5.41, 5.74) is 1.56. The maximum atomic E-state index is 11.9. The molecule has 0 aliphatic rings. The van der Waals surface area contributed by atoms with Gasteiger partial charge in [-0.25, -0.2) is 0 Å². The van der Waals surface area contributed by atoms with Gasteiger partial charge in [0.15, 0.2) is 5.82 Å². The van der Waals surface area contributed by atoms with E-state index in [9.17, 15) is 4.79 Å². The number of nitrogens with zero attached hydrogens (tertiary/aromatic N) is 1. The van der Waals surface area contributed by atoms with Gasteiger partial charge in [0.1, 0.15) is 0 Å². The third kappa shape index (κ3) is 1.81. The van der Waals surface area contributed by atoms with Crippen LogP contribution in [-0.2, 0) is 0 Å². The second-order valence-corrected chi connectivity index (χ2v) is 4.36. The Kier molecular flexibility index (Phi) is 2.38. The molecule has 0 atom stereocenters. The highest BCUT2D eigenvalue weighted by Gasteiger charge is 2.10. The van der Waals surface area contributed by atoms with Crippen LogP contribution in [0.1, 0.15) is 10.4 Å². The summed E-state index contributed by atoms with van der Waals surface area (Å²) in [5.74, 6) is 0.431. The first-order valence-corrected chi connectivity index (χ1v) is 6.05. The summed E-state index contributed by atoms with van der Waals surface area (Å²) >= 11 is 1.50. The Morgan fingerprint density at radius 3 is 3.00 bits per heavy atom. The Morgan fingerprint density at radius 2 is 2.18 bits per heavy atom. The number of rotatable bonds is 2. The lowest BCUT2D eigenvalue weighted by molar-refractivity contribution is 0.102. The van der Waals surface area contributed by atoms with Crippen molar-refractivity contribution in [2.24, 2.45) is 0 Å². The Bertz CT molecular complexity index is 657. The first kappa shape index (κ1) is 10.0. The monoisotopic (exact) mass is 243 g/mol. The zero-order chi connectivity index (χ0) is 11.7. The van der Waals surface area contributed by atoms with E-state index in [1.165, 1.54) is 11.3 Å². The fraction of sp³-hybridized carbons (Fsp3) is 0. The molecule has 2 heterocycles. The summed E-state index contributed by atoms with van der Waals surface area (Å²) in [5, 5.41) is 14.4. The molecule has 3 rings (SSSR count). The average Bonchev–Trinajstić information content (AvgIpc) is 2.98. The van der Waals surface area contributed by atoms with Crippen LogP contribution in [0.25, 0.3) is 10.9 Å². The number of hydrogen-bond acceptors (Lipinski definition) is 3. The van der Waals surface area contributed by atoms with Crippen molar-refractivity contribution in [3.05, 3.63) is 46.7 Å². The van der Waals surface area contributed by atoms with E-state index >= 15 is 0 Å². The second kappa shape index (κ2) is 4.03. The number of H-pyrrole nitrogens is 1. The molecule has 0 radical (unpaired) electrons. The minimum absolute atomic E-state index is 0.136. The molecule has 17 heavy (non-hydrogen) atoms. The number of hydrogen-bond donors (Lipinski definition) is 2. The van der Waals surface area contributed by atoms with Crippen molar-refractivity contribution in [3.8, 4) is 0 Å². The van der Waals surface area contributed by atoms with Gasteiger partial charge in [-0.3, -0.25) is 9.89 Å². The Balaban J connectivity index is 1.93. The van der Waals surface area contributed by atoms with Gasteiger partial charge in [0.2, 0.25) is 0 Å². The van der Waals surface area contributed by atoms with Gasteiger partial charge >= 0.3 is 0 Å². The number of benzene rings is 1. The number of aromatic nitrogens is 2. The van der Waals surface area contributed by atoms with E-state index in [4.69, 9.17) is 0 Å². The quantitative estimate of drug-likeness (QED) is 0.727. The fourth-order valence-corrected chi connectivity index (χ4v) is 2.27. The van der Waals surface area contributed by atoms with Crippen LogP contribution in [0, 0.1) is 0 Å². The van der Waals surface area contributed by atoms with E-state index in [-0.39, 0.29) is 5.91 Å². The minimum Gasteiger partial charge on any atom is -0.305 e. The topological polar surface area (TPSA) is 57.8 Å². The Morgan fingerprint density at radius 1 is 1.29 bits per heavy atom. The van der Waals surface area contributed by atoms with Crippen LogP contribution in [-0.4, -0.2) is 16.1 Å². The van der Waals surface area contributed by atoms with Crippen molar-refractivity contribution in [1.82, 2.24) is 10.2 Å². The molecule has 0 aliphatic carbocycles. The molecule has 0 fully saturated rings. The fourth-order valence-electron chi connectivity index (χ4n) is 1.63. The molecule has 84 valence electrons. The molecule has 1 amide bonds. The number of para-hydroxylation sites is 1. The second-order valence-electron chi connectivity index (χ2n) is 3.58. The van der Waals surface area contributed by atoms with E-state index < -0.39 is 0 Å². The van der Waals surface area contributed by atoms with Crippen molar-refractivity contribution < 1.29 is 4.79 Å². The minimum atomic E-state index is -0.136. The van der Waals surface area contributed by atoms with Crippen LogP contribution in [0.15, 0.2) is 41.1 Å². The number of fused-ring (bicyclic) bond motifs is 1. The molecule has 2 N–H and O–H groups in total. The molecule has 4 nitrogen and oxygen atoms in total. The zero-order valence-corrected chi connectivity index (χ0v) is 9.62. The number of anilines is 1. The van der Waals surface area contributed by atoms with Crippen LogP contribution < -0.4 is 5.32 Å². The summed E-state index contributed by atoms with van der Waals surface area (Å²) in [4.78, 5) is 11.9. The smallest absolute Gasteiger partial charge is 0.257 e. The SMILES string of the molecule is O=C(Nc1n[nH]c2ccccc12)c1ccsc1. The molecule has 0 spiro atoms. The van der Waals surface area contributed by atoms with Crippen molar-refractivity contribution in [3.63, 3.8) is 0 Å². The maximum Gasteiger partial charge on any atom is 0.257 e. The first-order chi connectivity index (χ1) is 8.34. The normalized spacial score (nSPS) is 10.6. The molecule has 0 saturated heterocycles. The number of carbonyl (C=O) groups is 1. The summed E-state index contributed by atoms with van der Waals surface area (Å²) in [7, 11) is 0. The largest absolute Gasteiger partial charge is 0.305 e. The molecular weight excluding hydrogens is 234 g/mol. The number of amides is 1. The van der Waals surface area contributed by atoms with Gasteiger partial charge in [0, 0.05) is 10.8 Å². The van der Waals surface area contributed by atoms with Gasteiger partial charge in [0.25, 0.3) is 5.91 Å². The van der Waals surface area contributed by atoms with Crippen molar-refractivity contribution in [1.29, 1.82) is 0 Å². The molecule has 1 aromatic carbocycles. The molecule has 0 bridgehead atoms. The average molecular weight is 243 g/mol. The molecular formula is C12H9N3OS. The predicted molar refractivity (Wildman–Crippen MR) is 68.4 cm³/mol. The van der Waals surface area contributed by atoms with E-state index in [0.29, 0.717) is 11.4 Å². The lowest BCUT2D eigenvalue weighted by Crippen LogP contribution is -2.11. The van der Waals surface area contributed by atoms with Crippen LogP contribution >= 0.6 is 11.3 Å². The van der Waals surface area contributed by atoms with Crippen LogP contribution in [0.4, 0.5) is 5.82 Å². The molecule has 2 aromatic heterocycles. The number of carbonyl (C=O) groups excluding carboxylic acids is 1. The van der Waals surface area contributed by atoms with E-state index in [2.05, 4.69) is 15.5 Å². The number of nitrogens with one attached hydrogen (secondary N) is 2. The van der Waals surface area contributed by atoms with E-state index in [0.717, 1.165) is 10.9 Å². The molecule has 0 aliphatic heterocycles. The molecule has 5 heteroatoms. The Hall–Kier alpha value is -2.14. The van der Waals surface area contributed by atoms with Crippen LogP contribution in [0.2, 0.25) is 0 Å². The van der Waals surface area contributed by atoms with Crippen molar-refractivity contribution in [2.45, 2.75) is 0 Å². The summed E-state index contributed by atoms with van der Waals surface area (Å²) < 4.78 is 0. The molecule has 0 saturated carbocycles. The third-order valence-electron chi connectivity index (χ3n) is 2.49. The first-order valence-electron chi connectivity index (χ1n) is 5.11. The van der Waals surface area contributed by atoms with Gasteiger partial charge in [-0.05, 0) is 23.6 Å². The van der Waals surface area contributed by atoms with Gasteiger partial charge < -0.3 is 5.32 Å². The van der Waals surface area contributed by atoms with Crippen LogP contribution in [0.5, 0.6) is 0 Å². The van der Waals surface area contributed by atoms with Gasteiger partial charge in [0.05, 0.1) is 11.1 Å². The predicted octanol–water partition coefficient (Wildman–Crippen LogP) is 2.88. The van der Waals surface area contributed by atoms with Crippen molar-refractivity contribution >= 4 is 34.0 Å². The van der Waals surface area contributed by atoms with Gasteiger partial charge in [-0.15, -0.1) is 0 Å². The summed E-state index contributed by atoms with van der Waals surface area (Å²) in [6.07, 6.45) is 0. The maximum absolute atomic E-state index is 11.9. The lowest BCUT2D eigenvalue weighted by atomic mass is 10.2. The highest BCUT2D eigenvalue weighted by molar-refractivity contribution is 7.08. The number of aromatic amines is 1.